The third kappa shape index (κ3) is 4.94. The predicted molar refractivity (Wildman–Crippen MR) is 66.1 cm³/mol. The monoisotopic (exact) mass is 227 g/mol. The van der Waals surface area contributed by atoms with Crippen molar-refractivity contribution < 1.29 is 4.79 Å². The number of rotatable bonds is 5. The first-order chi connectivity index (χ1) is 7.59. The smallest absolute Gasteiger partial charge is 0.223 e. The molecule has 0 bridgehead atoms. The number of hydrogen-bond donors (Lipinski definition) is 2. The van der Waals surface area contributed by atoms with Crippen LogP contribution in [-0.2, 0) is 4.79 Å². The standard InChI is InChI=1S/C12H25N3O/c1-15(2)8-4-7-14-12(16)10-5-3-6-11(13)9-10/h10-11H,3-9,13H2,1-2H3,(H,14,16). The van der Waals surface area contributed by atoms with Gasteiger partial charge in [0.1, 0.15) is 0 Å². The first-order valence-electron chi connectivity index (χ1n) is 6.27. The molecule has 0 saturated heterocycles. The maximum absolute atomic E-state index is 11.8. The maximum atomic E-state index is 11.8. The highest BCUT2D eigenvalue weighted by molar-refractivity contribution is 5.78. The Hall–Kier alpha value is -0.610. The maximum Gasteiger partial charge on any atom is 0.223 e. The van der Waals surface area contributed by atoms with Gasteiger partial charge in [0.2, 0.25) is 5.91 Å². The number of carbonyl (C=O) groups is 1. The first-order valence-corrected chi connectivity index (χ1v) is 6.27. The van der Waals surface area contributed by atoms with Gasteiger partial charge in [-0.1, -0.05) is 6.42 Å². The lowest BCUT2D eigenvalue weighted by Gasteiger charge is -2.25. The van der Waals surface area contributed by atoms with Gasteiger partial charge in [-0.15, -0.1) is 0 Å². The lowest BCUT2D eigenvalue weighted by atomic mass is 9.85. The summed E-state index contributed by atoms with van der Waals surface area (Å²) in [6.07, 6.45) is 5.05. The molecule has 2 atom stereocenters. The molecule has 3 N–H and O–H groups in total. The van der Waals surface area contributed by atoms with Crippen LogP contribution in [0.15, 0.2) is 0 Å². The summed E-state index contributed by atoms with van der Waals surface area (Å²) in [5, 5.41) is 3.01. The fourth-order valence-electron chi connectivity index (χ4n) is 2.22. The summed E-state index contributed by atoms with van der Waals surface area (Å²) in [4.78, 5) is 13.9. The summed E-state index contributed by atoms with van der Waals surface area (Å²) < 4.78 is 0. The summed E-state index contributed by atoms with van der Waals surface area (Å²) in [6, 6.07) is 0.228. The van der Waals surface area contributed by atoms with Gasteiger partial charge in [0, 0.05) is 18.5 Å². The second kappa shape index (κ2) is 6.86. The average molecular weight is 227 g/mol. The molecule has 94 valence electrons. The molecule has 0 aromatic carbocycles. The van der Waals surface area contributed by atoms with E-state index >= 15 is 0 Å². The van der Waals surface area contributed by atoms with E-state index < -0.39 is 0 Å². The van der Waals surface area contributed by atoms with E-state index in [9.17, 15) is 4.79 Å². The number of amides is 1. The summed E-state index contributed by atoms with van der Waals surface area (Å²) in [7, 11) is 4.09. The van der Waals surface area contributed by atoms with Crippen LogP contribution in [0.25, 0.3) is 0 Å². The lowest BCUT2D eigenvalue weighted by molar-refractivity contribution is -0.126. The second-order valence-electron chi connectivity index (χ2n) is 5.07. The molecule has 0 radical (unpaired) electrons. The summed E-state index contributed by atoms with van der Waals surface area (Å²) in [5.41, 5.74) is 5.87. The van der Waals surface area contributed by atoms with Gasteiger partial charge in [-0.25, -0.2) is 0 Å². The largest absolute Gasteiger partial charge is 0.356 e. The van der Waals surface area contributed by atoms with Crippen molar-refractivity contribution in [2.45, 2.75) is 38.1 Å². The normalized spacial score (nSPS) is 25.8. The minimum absolute atomic E-state index is 0.156. The molecule has 1 rings (SSSR count). The Morgan fingerprint density at radius 2 is 2.19 bits per heavy atom. The molecule has 0 aliphatic heterocycles. The molecular formula is C12H25N3O. The molecule has 1 saturated carbocycles. The highest BCUT2D eigenvalue weighted by Crippen LogP contribution is 2.22. The first kappa shape index (κ1) is 13.5. The zero-order valence-electron chi connectivity index (χ0n) is 10.5. The molecule has 4 heteroatoms. The molecule has 2 unspecified atom stereocenters. The van der Waals surface area contributed by atoms with E-state index in [1.165, 1.54) is 0 Å². The van der Waals surface area contributed by atoms with Crippen molar-refractivity contribution >= 4 is 5.91 Å². The predicted octanol–water partition coefficient (Wildman–Crippen LogP) is 0.572. The fourth-order valence-corrected chi connectivity index (χ4v) is 2.22. The van der Waals surface area contributed by atoms with Crippen molar-refractivity contribution in [2.75, 3.05) is 27.2 Å². The number of carbonyl (C=O) groups excluding carboxylic acids is 1. The van der Waals surface area contributed by atoms with Crippen LogP contribution in [0, 0.1) is 5.92 Å². The van der Waals surface area contributed by atoms with E-state index in [2.05, 4.69) is 10.2 Å². The van der Waals surface area contributed by atoms with E-state index in [1.807, 2.05) is 14.1 Å². The van der Waals surface area contributed by atoms with Gasteiger partial charge < -0.3 is 16.0 Å². The molecule has 0 spiro atoms. The van der Waals surface area contributed by atoms with Gasteiger partial charge in [0.25, 0.3) is 0 Å². The summed E-state index contributed by atoms with van der Waals surface area (Å²) in [6.45, 7) is 1.80. The quantitative estimate of drug-likeness (QED) is 0.675. The van der Waals surface area contributed by atoms with Crippen LogP contribution in [-0.4, -0.2) is 44.0 Å². The van der Waals surface area contributed by atoms with Crippen LogP contribution in [0.3, 0.4) is 0 Å². The highest BCUT2D eigenvalue weighted by Gasteiger charge is 2.24. The summed E-state index contributed by atoms with van der Waals surface area (Å²) in [5.74, 6) is 0.358. The molecule has 0 heterocycles. The van der Waals surface area contributed by atoms with Crippen molar-refractivity contribution in [1.82, 2.24) is 10.2 Å². The number of hydrogen-bond acceptors (Lipinski definition) is 3. The van der Waals surface area contributed by atoms with E-state index in [0.717, 1.165) is 45.2 Å². The number of nitrogens with zero attached hydrogens (tertiary/aromatic N) is 1. The van der Waals surface area contributed by atoms with Crippen molar-refractivity contribution in [3.05, 3.63) is 0 Å². The molecule has 0 aromatic heterocycles. The molecule has 0 aromatic rings. The average Bonchev–Trinajstić information content (AvgIpc) is 2.24. The van der Waals surface area contributed by atoms with Gasteiger partial charge in [0.05, 0.1) is 0 Å². The Kier molecular flexibility index (Phi) is 5.77. The molecule has 1 fully saturated rings. The van der Waals surface area contributed by atoms with Gasteiger partial charge in [-0.3, -0.25) is 4.79 Å². The SMILES string of the molecule is CN(C)CCCNC(=O)C1CCCC(N)C1. The highest BCUT2D eigenvalue weighted by atomic mass is 16.1. The molecule has 1 aliphatic carbocycles. The Morgan fingerprint density at radius 3 is 2.81 bits per heavy atom. The lowest BCUT2D eigenvalue weighted by Crippen LogP contribution is -2.38. The Balaban J connectivity index is 2.14. The minimum Gasteiger partial charge on any atom is -0.356 e. The van der Waals surface area contributed by atoms with Crippen LogP contribution >= 0.6 is 0 Å². The number of nitrogens with two attached hydrogens (primary N) is 1. The molecule has 4 nitrogen and oxygen atoms in total. The fraction of sp³-hybridized carbons (Fsp3) is 0.917. The van der Waals surface area contributed by atoms with Crippen LogP contribution in [0.2, 0.25) is 0 Å². The summed E-state index contributed by atoms with van der Waals surface area (Å²) >= 11 is 0. The minimum atomic E-state index is 0.156. The Bertz CT molecular complexity index is 218. The van der Waals surface area contributed by atoms with Gasteiger partial charge in [-0.2, -0.15) is 0 Å². The van der Waals surface area contributed by atoms with Crippen molar-refractivity contribution in [3.8, 4) is 0 Å². The third-order valence-corrected chi connectivity index (χ3v) is 3.17. The van der Waals surface area contributed by atoms with Crippen LogP contribution in [0.1, 0.15) is 32.1 Å². The van der Waals surface area contributed by atoms with Crippen LogP contribution < -0.4 is 11.1 Å². The topological polar surface area (TPSA) is 58.4 Å². The molecule has 16 heavy (non-hydrogen) atoms. The molecule has 1 aliphatic rings. The Labute approximate surface area is 98.6 Å². The zero-order valence-corrected chi connectivity index (χ0v) is 10.5. The molecular weight excluding hydrogens is 202 g/mol. The van der Waals surface area contributed by atoms with E-state index in [4.69, 9.17) is 5.73 Å². The van der Waals surface area contributed by atoms with E-state index in [1.54, 1.807) is 0 Å². The van der Waals surface area contributed by atoms with Gasteiger partial charge in [0.15, 0.2) is 0 Å². The van der Waals surface area contributed by atoms with Crippen LogP contribution in [0.5, 0.6) is 0 Å². The van der Waals surface area contributed by atoms with Crippen molar-refractivity contribution in [2.24, 2.45) is 11.7 Å². The third-order valence-electron chi connectivity index (χ3n) is 3.17. The Morgan fingerprint density at radius 1 is 1.44 bits per heavy atom. The van der Waals surface area contributed by atoms with Crippen molar-refractivity contribution in [1.29, 1.82) is 0 Å². The van der Waals surface area contributed by atoms with Gasteiger partial charge in [-0.05, 0) is 46.3 Å². The van der Waals surface area contributed by atoms with E-state index in [-0.39, 0.29) is 17.9 Å². The van der Waals surface area contributed by atoms with Crippen LogP contribution in [0.4, 0.5) is 0 Å². The van der Waals surface area contributed by atoms with E-state index in [0.29, 0.717) is 0 Å². The van der Waals surface area contributed by atoms with Crippen molar-refractivity contribution in [3.63, 3.8) is 0 Å². The second-order valence-corrected chi connectivity index (χ2v) is 5.07. The van der Waals surface area contributed by atoms with Gasteiger partial charge >= 0.3 is 0 Å². The zero-order chi connectivity index (χ0) is 12.0. The number of nitrogens with one attached hydrogen (secondary N) is 1. The molecule has 1 amide bonds.